The third-order valence-corrected chi connectivity index (χ3v) is 2.14. The van der Waals surface area contributed by atoms with Crippen molar-refractivity contribution in [3.05, 3.63) is 18.2 Å². The average molecular weight is 225 g/mol. The van der Waals surface area contributed by atoms with Gasteiger partial charge in [0, 0.05) is 11.8 Å². The first-order valence-corrected chi connectivity index (χ1v) is 4.80. The van der Waals surface area contributed by atoms with Crippen molar-refractivity contribution in [1.82, 2.24) is 0 Å². The number of anilines is 1. The van der Waals surface area contributed by atoms with Crippen LogP contribution in [-0.2, 0) is 4.79 Å². The second-order valence-corrected chi connectivity index (χ2v) is 3.27. The van der Waals surface area contributed by atoms with Crippen molar-refractivity contribution in [3.8, 4) is 11.5 Å². The number of ether oxygens (including phenoxy) is 2. The summed E-state index contributed by atoms with van der Waals surface area (Å²) in [6.45, 7) is 1.57. The monoisotopic (exact) mass is 225 g/mol. The molecular weight excluding hydrogens is 210 g/mol. The first-order valence-electron chi connectivity index (χ1n) is 4.80. The Kier molecular flexibility index (Phi) is 3.99. The maximum Gasteiger partial charge on any atom is 0.325 e. The third-order valence-electron chi connectivity index (χ3n) is 2.14. The molecule has 0 spiro atoms. The molecule has 2 N–H and O–H groups in total. The first kappa shape index (κ1) is 12.2. The first-order chi connectivity index (χ1) is 7.58. The SMILES string of the molecule is COc1ccc(N[C@H](C)C(=O)O)cc1OC. The number of nitrogens with one attached hydrogen (secondary N) is 1. The average Bonchev–Trinajstić information content (AvgIpc) is 2.28. The van der Waals surface area contributed by atoms with Gasteiger partial charge in [0.25, 0.3) is 0 Å². The van der Waals surface area contributed by atoms with E-state index in [0.29, 0.717) is 17.2 Å². The molecule has 0 aliphatic heterocycles. The molecule has 0 bridgehead atoms. The predicted molar refractivity (Wildman–Crippen MR) is 60.3 cm³/mol. The van der Waals surface area contributed by atoms with Crippen molar-refractivity contribution in [2.45, 2.75) is 13.0 Å². The van der Waals surface area contributed by atoms with Gasteiger partial charge in [0.15, 0.2) is 11.5 Å². The minimum absolute atomic E-state index is 0.560. The van der Waals surface area contributed by atoms with Gasteiger partial charge in [-0.15, -0.1) is 0 Å². The summed E-state index contributed by atoms with van der Waals surface area (Å²) in [4.78, 5) is 10.7. The molecule has 0 aromatic heterocycles. The molecule has 1 rings (SSSR count). The lowest BCUT2D eigenvalue weighted by Crippen LogP contribution is -2.25. The number of methoxy groups -OCH3 is 2. The van der Waals surface area contributed by atoms with E-state index in [1.165, 1.54) is 7.11 Å². The predicted octanol–water partition coefficient (Wildman–Crippen LogP) is 1.59. The molecule has 0 saturated carbocycles. The van der Waals surface area contributed by atoms with Crippen molar-refractivity contribution in [2.24, 2.45) is 0 Å². The van der Waals surface area contributed by atoms with Crippen molar-refractivity contribution in [1.29, 1.82) is 0 Å². The fourth-order valence-corrected chi connectivity index (χ4v) is 1.24. The molecule has 0 amide bonds. The molecule has 0 heterocycles. The van der Waals surface area contributed by atoms with Crippen LogP contribution in [0.25, 0.3) is 0 Å². The van der Waals surface area contributed by atoms with Crippen molar-refractivity contribution in [3.63, 3.8) is 0 Å². The van der Waals surface area contributed by atoms with Crippen molar-refractivity contribution < 1.29 is 19.4 Å². The van der Waals surface area contributed by atoms with Gasteiger partial charge in [-0.3, -0.25) is 4.79 Å². The van der Waals surface area contributed by atoms with Crippen molar-refractivity contribution >= 4 is 11.7 Å². The van der Waals surface area contributed by atoms with E-state index in [1.807, 2.05) is 0 Å². The largest absolute Gasteiger partial charge is 0.493 e. The molecule has 88 valence electrons. The van der Waals surface area contributed by atoms with Gasteiger partial charge < -0.3 is 19.9 Å². The number of hydrogen-bond donors (Lipinski definition) is 2. The Morgan fingerprint density at radius 2 is 1.94 bits per heavy atom. The van der Waals surface area contributed by atoms with Crippen LogP contribution in [0.5, 0.6) is 11.5 Å². The van der Waals surface area contributed by atoms with Crippen LogP contribution < -0.4 is 14.8 Å². The Balaban J connectivity index is 2.86. The molecule has 16 heavy (non-hydrogen) atoms. The van der Waals surface area contributed by atoms with Crippen LogP contribution >= 0.6 is 0 Å². The van der Waals surface area contributed by atoms with E-state index in [0.717, 1.165) is 0 Å². The molecular formula is C11H15NO4. The van der Waals surface area contributed by atoms with Gasteiger partial charge in [-0.1, -0.05) is 0 Å². The summed E-state index contributed by atoms with van der Waals surface area (Å²) in [5, 5.41) is 11.6. The van der Waals surface area contributed by atoms with Crippen LogP contribution in [0.15, 0.2) is 18.2 Å². The summed E-state index contributed by atoms with van der Waals surface area (Å²) in [5.41, 5.74) is 0.674. The van der Waals surface area contributed by atoms with Gasteiger partial charge in [0.2, 0.25) is 0 Å². The molecule has 0 fully saturated rings. The number of benzene rings is 1. The molecule has 1 aromatic carbocycles. The summed E-state index contributed by atoms with van der Waals surface area (Å²) in [5.74, 6) is 0.260. The number of carboxylic acids is 1. The zero-order chi connectivity index (χ0) is 12.1. The quantitative estimate of drug-likeness (QED) is 0.796. The molecule has 5 nitrogen and oxygen atoms in total. The van der Waals surface area contributed by atoms with Crippen LogP contribution in [0.2, 0.25) is 0 Å². The summed E-state index contributed by atoms with van der Waals surface area (Å²) in [7, 11) is 3.08. The molecule has 1 atom stereocenters. The fraction of sp³-hybridized carbons (Fsp3) is 0.364. The Labute approximate surface area is 94.0 Å². The topological polar surface area (TPSA) is 67.8 Å². The van der Waals surface area contributed by atoms with Crippen LogP contribution in [0.1, 0.15) is 6.92 Å². The maximum absolute atomic E-state index is 10.7. The van der Waals surface area contributed by atoms with E-state index in [-0.39, 0.29) is 0 Å². The smallest absolute Gasteiger partial charge is 0.325 e. The molecule has 1 aromatic rings. The Morgan fingerprint density at radius 3 is 2.44 bits per heavy atom. The van der Waals surface area contributed by atoms with Gasteiger partial charge in [0.05, 0.1) is 14.2 Å². The Bertz CT molecular complexity index is 378. The summed E-state index contributed by atoms with van der Waals surface area (Å²) in [6.07, 6.45) is 0. The lowest BCUT2D eigenvalue weighted by Gasteiger charge is -2.13. The molecule has 0 unspecified atom stereocenters. The second-order valence-electron chi connectivity index (χ2n) is 3.27. The van der Waals surface area contributed by atoms with Gasteiger partial charge >= 0.3 is 5.97 Å². The van der Waals surface area contributed by atoms with E-state index < -0.39 is 12.0 Å². The Hall–Kier alpha value is -1.91. The highest BCUT2D eigenvalue weighted by Crippen LogP contribution is 2.29. The van der Waals surface area contributed by atoms with Crippen LogP contribution in [0.4, 0.5) is 5.69 Å². The van der Waals surface area contributed by atoms with Gasteiger partial charge in [0.1, 0.15) is 6.04 Å². The Morgan fingerprint density at radius 1 is 1.31 bits per heavy atom. The normalized spacial score (nSPS) is 11.7. The van der Waals surface area contributed by atoms with Gasteiger partial charge in [-0.25, -0.2) is 0 Å². The van der Waals surface area contributed by atoms with E-state index >= 15 is 0 Å². The van der Waals surface area contributed by atoms with E-state index in [1.54, 1.807) is 32.2 Å². The van der Waals surface area contributed by atoms with Crippen molar-refractivity contribution in [2.75, 3.05) is 19.5 Å². The second kappa shape index (κ2) is 5.25. The number of aliphatic carboxylic acids is 1. The molecule has 0 saturated heterocycles. The highest BCUT2D eigenvalue weighted by Gasteiger charge is 2.11. The zero-order valence-electron chi connectivity index (χ0n) is 9.48. The minimum atomic E-state index is -0.908. The molecule has 0 aliphatic carbocycles. The number of carboxylic acid groups (broad SMARTS) is 1. The van der Waals surface area contributed by atoms with E-state index in [4.69, 9.17) is 14.6 Å². The minimum Gasteiger partial charge on any atom is -0.493 e. The highest BCUT2D eigenvalue weighted by molar-refractivity contribution is 5.77. The number of hydrogen-bond acceptors (Lipinski definition) is 4. The summed E-state index contributed by atoms with van der Waals surface area (Å²) >= 11 is 0. The lowest BCUT2D eigenvalue weighted by molar-refractivity contribution is -0.137. The standard InChI is InChI=1S/C11H15NO4/c1-7(11(13)14)12-8-4-5-9(15-2)10(6-8)16-3/h4-7,12H,1-3H3,(H,13,14)/t7-/m1/s1. The van der Waals surface area contributed by atoms with Crippen LogP contribution in [0, 0.1) is 0 Å². The third kappa shape index (κ3) is 2.79. The lowest BCUT2D eigenvalue weighted by atomic mass is 10.2. The molecule has 5 heteroatoms. The fourth-order valence-electron chi connectivity index (χ4n) is 1.24. The summed E-state index contributed by atoms with van der Waals surface area (Å²) in [6, 6.07) is 4.49. The van der Waals surface area contributed by atoms with E-state index in [2.05, 4.69) is 5.32 Å². The molecule has 0 radical (unpaired) electrons. The van der Waals surface area contributed by atoms with E-state index in [9.17, 15) is 4.79 Å². The van der Waals surface area contributed by atoms with Crippen LogP contribution in [0.3, 0.4) is 0 Å². The summed E-state index contributed by atoms with van der Waals surface area (Å²) < 4.78 is 10.2. The van der Waals surface area contributed by atoms with Gasteiger partial charge in [-0.2, -0.15) is 0 Å². The van der Waals surface area contributed by atoms with Crippen LogP contribution in [-0.4, -0.2) is 31.3 Å². The highest BCUT2D eigenvalue weighted by atomic mass is 16.5. The maximum atomic E-state index is 10.7. The zero-order valence-corrected chi connectivity index (χ0v) is 9.48. The number of carbonyl (C=O) groups is 1. The van der Waals surface area contributed by atoms with Gasteiger partial charge in [-0.05, 0) is 19.1 Å². The molecule has 0 aliphatic rings. The number of rotatable bonds is 5.